The molecule has 2 aliphatic heterocycles. The zero-order valence-electron chi connectivity index (χ0n) is 16.4. The number of nitro groups is 1. The third-order valence-corrected chi connectivity index (χ3v) is 7.90. The first-order valence-electron chi connectivity index (χ1n) is 9.91. The molecule has 0 saturated carbocycles. The van der Waals surface area contributed by atoms with Crippen molar-refractivity contribution < 1.29 is 13.3 Å². The van der Waals surface area contributed by atoms with Crippen LogP contribution in [0.3, 0.4) is 0 Å². The van der Waals surface area contributed by atoms with Gasteiger partial charge in [-0.25, -0.2) is 8.42 Å². The molecule has 10 heteroatoms. The van der Waals surface area contributed by atoms with Gasteiger partial charge in [-0.2, -0.15) is 4.31 Å². The summed E-state index contributed by atoms with van der Waals surface area (Å²) in [4.78, 5) is 14.9. The number of hydrogen-bond donors (Lipinski definition) is 0. The number of hydrogen-bond acceptors (Lipinski definition) is 6. The maximum Gasteiger partial charge on any atom is 0.270 e. The van der Waals surface area contributed by atoms with Gasteiger partial charge in [0.2, 0.25) is 10.0 Å². The average molecular weight is 451 g/mol. The minimum Gasteiger partial charge on any atom is -0.367 e. The molecule has 2 heterocycles. The highest BCUT2D eigenvalue weighted by Gasteiger charge is 2.33. The fraction of sp³-hybridized carbons (Fsp3) is 0.400. The first kappa shape index (κ1) is 20.9. The zero-order valence-corrected chi connectivity index (χ0v) is 18.0. The second kappa shape index (κ2) is 8.41. The molecular formula is C20H23ClN4O4S. The molecule has 2 aromatic rings. The monoisotopic (exact) mass is 450 g/mol. The molecule has 0 radical (unpaired) electrons. The van der Waals surface area contributed by atoms with Crippen LogP contribution in [0, 0.1) is 10.1 Å². The molecule has 30 heavy (non-hydrogen) atoms. The number of non-ortho nitro benzene ring substituents is 1. The number of halogens is 1. The van der Waals surface area contributed by atoms with Gasteiger partial charge in [0.1, 0.15) is 4.90 Å². The van der Waals surface area contributed by atoms with Crippen LogP contribution in [0.15, 0.2) is 47.4 Å². The zero-order chi connectivity index (χ0) is 21.3. The van der Waals surface area contributed by atoms with Crippen LogP contribution < -0.4 is 9.80 Å². The lowest BCUT2D eigenvalue weighted by Crippen LogP contribution is -2.47. The minimum absolute atomic E-state index is 0.0183. The number of benzene rings is 2. The van der Waals surface area contributed by atoms with Crippen molar-refractivity contribution in [2.75, 3.05) is 49.1 Å². The molecule has 8 nitrogen and oxygen atoms in total. The number of nitrogens with zero attached hydrogens (tertiary/aromatic N) is 4. The standard InChI is InChI=1S/C20H23ClN4O4S/c21-17-5-1-2-6-18(17)22-11-13-23(14-12-22)19-8-7-16(25(26)27)15-20(19)30(28,29)24-9-3-4-10-24/h1-2,5-8,15H,3-4,9-14H2. The van der Waals surface area contributed by atoms with E-state index in [0.717, 1.165) is 18.5 Å². The molecule has 0 N–H and O–H groups in total. The van der Waals surface area contributed by atoms with Crippen molar-refractivity contribution in [1.82, 2.24) is 4.31 Å². The van der Waals surface area contributed by atoms with Crippen molar-refractivity contribution in [2.24, 2.45) is 0 Å². The molecule has 2 aliphatic rings. The van der Waals surface area contributed by atoms with E-state index < -0.39 is 14.9 Å². The Hall–Kier alpha value is -2.36. The number of piperazine rings is 1. The Morgan fingerprint density at radius 2 is 1.47 bits per heavy atom. The van der Waals surface area contributed by atoms with Gasteiger partial charge in [0, 0.05) is 51.4 Å². The van der Waals surface area contributed by atoms with Crippen LogP contribution >= 0.6 is 11.6 Å². The summed E-state index contributed by atoms with van der Waals surface area (Å²) < 4.78 is 27.9. The Balaban J connectivity index is 1.63. The first-order chi connectivity index (χ1) is 14.4. The smallest absolute Gasteiger partial charge is 0.270 e. The normalized spacial score (nSPS) is 18.0. The summed E-state index contributed by atoms with van der Waals surface area (Å²) in [6, 6.07) is 11.8. The van der Waals surface area contributed by atoms with Crippen molar-refractivity contribution in [3.63, 3.8) is 0 Å². The minimum atomic E-state index is -3.79. The Morgan fingerprint density at radius 3 is 2.07 bits per heavy atom. The van der Waals surface area contributed by atoms with Crippen LogP contribution in [-0.4, -0.2) is 56.9 Å². The molecule has 4 rings (SSSR count). The van der Waals surface area contributed by atoms with Gasteiger partial charge in [-0.05, 0) is 31.0 Å². The highest BCUT2D eigenvalue weighted by Crippen LogP contribution is 2.34. The Bertz CT molecular complexity index is 1050. The fourth-order valence-electron chi connectivity index (χ4n) is 4.05. The molecule has 0 aliphatic carbocycles. The summed E-state index contributed by atoms with van der Waals surface area (Å²) in [6.45, 7) is 3.42. The largest absolute Gasteiger partial charge is 0.367 e. The van der Waals surface area contributed by atoms with Crippen molar-refractivity contribution >= 4 is 38.7 Å². The lowest BCUT2D eigenvalue weighted by atomic mass is 10.2. The van der Waals surface area contributed by atoms with E-state index in [-0.39, 0.29) is 10.6 Å². The van der Waals surface area contributed by atoms with Gasteiger partial charge in [0.05, 0.1) is 21.3 Å². The molecule has 0 aromatic heterocycles. The summed E-state index contributed by atoms with van der Waals surface area (Å²) in [7, 11) is -3.79. The first-order valence-corrected chi connectivity index (χ1v) is 11.7. The van der Waals surface area contributed by atoms with Crippen molar-refractivity contribution in [2.45, 2.75) is 17.7 Å². The van der Waals surface area contributed by atoms with E-state index in [2.05, 4.69) is 4.90 Å². The van der Waals surface area contributed by atoms with Crippen LogP contribution in [-0.2, 0) is 10.0 Å². The van der Waals surface area contributed by atoms with E-state index in [1.54, 1.807) is 6.07 Å². The third kappa shape index (κ3) is 3.97. The Kier molecular flexibility index (Phi) is 5.86. The van der Waals surface area contributed by atoms with Gasteiger partial charge in [0.25, 0.3) is 5.69 Å². The molecular weight excluding hydrogens is 428 g/mol. The lowest BCUT2D eigenvalue weighted by Gasteiger charge is -2.38. The summed E-state index contributed by atoms with van der Waals surface area (Å²) in [6.07, 6.45) is 1.61. The molecule has 2 aromatic carbocycles. The number of rotatable bonds is 5. The predicted octanol–water partition coefficient (Wildman–Crippen LogP) is 3.36. The number of nitro benzene ring substituents is 1. The van der Waals surface area contributed by atoms with Crippen LogP contribution in [0.4, 0.5) is 17.1 Å². The van der Waals surface area contributed by atoms with Gasteiger partial charge in [-0.15, -0.1) is 0 Å². The van der Waals surface area contributed by atoms with Crippen molar-refractivity contribution in [3.05, 3.63) is 57.6 Å². The summed E-state index contributed by atoms with van der Waals surface area (Å²) in [5, 5.41) is 12.0. The molecule has 2 fully saturated rings. The number of anilines is 2. The van der Waals surface area contributed by atoms with E-state index in [9.17, 15) is 18.5 Å². The molecule has 0 atom stereocenters. The molecule has 0 bridgehead atoms. The second-order valence-corrected chi connectivity index (χ2v) is 9.76. The molecule has 0 unspecified atom stereocenters. The lowest BCUT2D eigenvalue weighted by molar-refractivity contribution is -0.385. The van der Waals surface area contributed by atoms with Gasteiger partial charge in [-0.3, -0.25) is 10.1 Å². The van der Waals surface area contributed by atoms with E-state index in [0.29, 0.717) is 50.0 Å². The van der Waals surface area contributed by atoms with Crippen LogP contribution in [0.25, 0.3) is 0 Å². The maximum absolute atomic E-state index is 13.3. The van der Waals surface area contributed by atoms with E-state index in [1.165, 1.54) is 16.4 Å². The quantitative estimate of drug-likeness (QED) is 0.512. The topological polar surface area (TPSA) is 87.0 Å². The Labute approximate surface area is 180 Å². The highest BCUT2D eigenvalue weighted by atomic mass is 35.5. The predicted molar refractivity (Wildman–Crippen MR) is 117 cm³/mol. The summed E-state index contributed by atoms with van der Waals surface area (Å²) in [5.74, 6) is 0. The summed E-state index contributed by atoms with van der Waals surface area (Å²) >= 11 is 6.31. The maximum atomic E-state index is 13.3. The molecule has 0 spiro atoms. The van der Waals surface area contributed by atoms with Gasteiger partial charge < -0.3 is 9.80 Å². The van der Waals surface area contributed by atoms with Gasteiger partial charge in [-0.1, -0.05) is 23.7 Å². The highest BCUT2D eigenvalue weighted by molar-refractivity contribution is 7.89. The number of sulfonamides is 1. The summed E-state index contributed by atoms with van der Waals surface area (Å²) in [5.41, 5.74) is 1.25. The van der Waals surface area contributed by atoms with Crippen LogP contribution in [0.1, 0.15) is 12.8 Å². The Morgan fingerprint density at radius 1 is 0.867 bits per heavy atom. The van der Waals surface area contributed by atoms with Crippen molar-refractivity contribution in [1.29, 1.82) is 0 Å². The number of para-hydroxylation sites is 1. The van der Waals surface area contributed by atoms with Crippen LogP contribution in [0.2, 0.25) is 5.02 Å². The fourth-order valence-corrected chi connectivity index (χ4v) is 6.05. The second-order valence-electron chi connectivity index (χ2n) is 7.45. The molecule has 0 amide bonds. The third-order valence-electron chi connectivity index (χ3n) is 5.65. The van der Waals surface area contributed by atoms with Crippen LogP contribution in [0.5, 0.6) is 0 Å². The van der Waals surface area contributed by atoms with Crippen molar-refractivity contribution in [3.8, 4) is 0 Å². The SMILES string of the molecule is O=[N+]([O-])c1ccc(N2CCN(c3ccccc3Cl)CC2)c(S(=O)(=O)N2CCCC2)c1. The molecule has 160 valence electrons. The van der Waals surface area contributed by atoms with E-state index in [1.807, 2.05) is 29.2 Å². The average Bonchev–Trinajstić information content (AvgIpc) is 3.30. The van der Waals surface area contributed by atoms with E-state index in [4.69, 9.17) is 11.6 Å². The molecule has 2 saturated heterocycles. The van der Waals surface area contributed by atoms with Gasteiger partial charge in [0.15, 0.2) is 0 Å². The van der Waals surface area contributed by atoms with Gasteiger partial charge >= 0.3 is 0 Å². The van der Waals surface area contributed by atoms with E-state index >= 15 is 0 Å².